The smallest absolute Gasteiger partial charge is 0.294 e. The van der Waals surface area contributed by atoms with E-state index in [1.165, 1.54) is 12.1 Å². The molecule has 0 bridgehead atoms. The number of carbonyl (C=O) groups excluding carboxylic acids is 1. The minimum atomic E-state index is -0.291. The molecule has 2 aromatic heterocycles. The molecule has 1 amide bonds. The molecule has 0 atom stereocenters. The lowest BCUT2D eigenvalue weighted by atomic mass is 10.1. The van der Waals surface area contributed by atoms with E-state index in [1.807, 2.05) is 24.3 Å². The number of hydrogen-bond donors (Lipinski definition) is 1. The summed E-state index contributed by atoms with van der Waals surface area (Å²) in [7, 11) is 0. The maximum Gasteiger partial charge on any atom is 0.294 e. The average molecular weight is 349 g/mol. The Morgan fingerprint density at radius 1 is 1.35 bits per heavy atom. The highest BCUT2D eigenvalue weighted by atomic mass is 16.4. The number of nitriles is 1. The van der Waals surface area contributed by atoms with E-state index in [1.54, 1.807) is 15.8 Å². The molecule has 1 aliphatic heterocycles. The number of aliphatic hydroxyl groups is 1. The van der Waals surface area contributed by atoms with Gasteiger partial charge in [0.15, 0.2) is 5.76 Å². The van der Waals surface area contributed by atoms with Crippen LogP contribution in [0.15, 0.2) is 40.9 Å². The number of para-hydroxylation sites is 1. The summed E-state index contributed by atoms with van der Waals surface area (Å²) in [5.74, 6) is -0.0541. The van der Waals surface area contributed by atoms with Crippen LogP contribution >= 0.6 is 0 Å². The van der Waals surface area contributed by atoms with Crippen molar-refractivity contribution in [2.45, 2.75) is 13.0 Å². The highest BCUT2D eigenvalue weighted by molar-refractivity contribution is 6.08. The molecule has 1 N–H and O–H groups in total. The van der Waals surface area contributed by atoms with E-state index in [0.29, 0.717) is 18.8 Å². The third-order valence-electron chi connectivity index (χ3n) is 4.31. The van der Waals surface area contributed by atoms with Crippen molar-refractivity contribution in [2.75, 3.05) is 18.1 Å². The number of aliphatic hydroxyl groups excluding tert-OH is 1. The third kappa shape index (κ3) is 2.64. The summed E-state index contributed by atoms with van der Waals surface area (Å²) >= 11 is 0. The van der Waals surface area contributed by atoms with Gasteiger partial charge in [-0.3, -0.25) is 4.79 Å². The molecule has 0 aliphatic carbocycles. The van der Waals surface area contributed by atoms with Crippen molar-refractivity contribution in [1.29, 1.82) is 5.26 Å². The van der Waals surface area contributed by atoms with Crippen LogP contribution < -0.4 is 4.90 Å². The first-order chi connectivity index (χ1) is 12.7. The zero-order valence-electron chi connectivity index (χ0n) is 13.8. The van der Waals surface area contributed by atoms with Gasteiger partial charge in [-0.05, 0) is 24.1 Å². The molecule has 0 saturated heterocycles. The van der Waals surface area contributed by atoms with Crippen LogP contribution in [0.25, 0.3) is 11.3 Å². The first-order valence-electron chi connectivity index (χ1n) is 8.16. The van der Waals surface area contributed by atoms with Gasteiger partial charge in [-0.1, -0.05) is 23.4 Å². The summed E-state index contributed by atoms with van der Waals surface area (Å²) in [6.45, 7) is 0.854. The maximum atomic E-state index is 12.9. The van der Waals surface area contributed by atoms with Crippen molar-refractivity contribution in [3.05, 3.63) is 53.6 Å². The van der Waals surface area contributed by atoms with Crippen LogP contribution in [0, 0.1) is 11.3 Å². The lowest BCUT2D eigenvalue weighted by Gasteiger charge is -2.18. The third-order valence-corrected chi connectivity index (χ3v) is 4.31. The quantitative estimate of drug-likeness (QED) is 0.766. The number of anilines is 1. The summed E-state index contributed by atoms with van der Waals surface area (Å²) < 4.78 is 6.85. The second kappa shape index (κ2) is 6.46. The Labute approximate surface area is 148 Å². The zero-order valence-corrected chi connectivity index (χ0v) is 13.8. The molecule has 3 aromatic rings. The molecule has 8 heteroatoms. The number of nitrogens with zero attached hydrogens (tertiary/aromatic N) is 5. The largest absolute Gasteiger partial charge is 0.440 e. The van der Waals surface area contributed by atoms with Crippen molar-refractivity contribution in [2.24, 2.45) is 0 Å². The summed E-state index contributed by atoms with van der Waals surface area (Å²) in [4.78, 5) is 14.5. The lowest BCUT2D eigenvalue weighted by Crippen LogP contribution is -2.29. The Bertz CT molecular complexity index is 1010. The SMILES string of the molecule is N#Cc1ccc(C(=O)N2CCc3cccc(-c4cn(CCO)nn4)c32)o1. The van der Waals surface area contributed by atoms with Crippen LogP contribution in [0.5, 0.6) is 0 Å². The molecule has 8 nitrogen and oxygen atoms in total. The minimum absolute atomic E-state index is 0.0278. The van der Waals surface area contributed by atoms with Crippen molar-refractivity contribution in [3.63, 3.8) is 0 Å². The van der Waals surface area contributed by atoms with Gasteiger partial charge < -0.3 is 14.4 Å². The van der Waals surface area contributed by atoms with Gasteiger partial charge in [0.1, 0.15) is 11.8 Å². The topological polar surface area (TPSA) is 108 Å². The van der Waals surface area contributed by atoms with E-state index < -0.39 is 0 Å². The van der Waals surface area contributed by atoms with Gasteiger partial charge in [0, 0.05) is 12.1 Å². The number of hydrogen-bond acceptors (Lipinski definition) is 6. The number of rotatable bonds is 4. The van der Waals surface area contributed by atoms with Crippen LogP contribution in [-0.4, -0.2) is 39.2 Å². The molecule has 26 heavy (non-hydrogen) atoms. The van der Waals surface area contributed by atoms with Crippen molar-refractivity contribution in [1.82, 2.24) is 15.0 Å². The zero-order chi connectivity index (χ0) is 18.1. The number of furan rings is 1. The first kappa shape index (κ1) is 16.1. The van der Waals surface area contributed by atoms with E-state index in [4.69, 9.17) is 14.8 Å². The number of carbonyl (C=O) groups is 1. The van der Waals surface area contributed by atoms with Gasteiger partial charge in [-0.2, -0.15) is 5.26 Å². The molecule has 0 radical (unpaired) electrons. The molecule has 3 heterocycles. The minimum Gasteiger partial charge on any atom is -0.440 e. The Hall–Kier alpha value is -3.44. The number of fused-ring (bicyclic) bond motifs is 1. The average Bonchev–Trinajstić information content (AvgIpc) is 3.40. The van der Waals surface area contributed by atoms with Crippen LogP contribution in [-0.2, 0) is 13.0 Å². The van der Waals surface area contributed by atoms with Crippen molar-refractivity contribution >= 4 is 11.6 Å². The van der Waals surface area contributed by atoms with Gasteiger partial charge >= 0.3 is 0 Å². The van der Waals surface area contributed by atoms with Gasteiger partial charge in [0.2, 0.25) is 5.76 Å². The summed E-state index contributed by atoms with van der Waals surface area (Å²) in [6.07, 6.45) is 2.47. The molecular formula is C18H15N5O3. The molecule has 0 unspecified atom stereocenters. The van der Waals surface area contributed by atoms with Gasteiger partial charge in [-0.25, -0.2) is 4.68 Å². The van der Waals surface area contributed by atoms with E-state index in [-0.39, 0.29) is 24.0 Å². The monoisotopic (exact) mass is 349 g/mol. The van der Waals surface area contributed by atoms with Gasteiger partial charge in [0.25, 0.3) is 5.91 Å². The first-order valence-corrected chi connectivity index (χ1v) is 8.16. The van der Waals surface area contributed by atoms with E-state index in [0.717, 1.165) is 23.2 Å². The molecule has 0 fully saturated rings. The fraction of sp³-hybridized carbons (Fsp3) is 0.222. The van der Waals surface area contributed by atoms with E-state index in [2.05, 4.69) is 10.3 Å². The fourth-order valence-corrected chi connectivity index (χ4v) is 3.15. The highest BCUT2D eigenvalue weighted by Crippen LogP contribution is 2.38. The van der Waals surface area contributed by atoms with Gasteiger partial charge in [-0.15, -0.1) is 5.10 Å². The number of aromatic nitrogens is 3. The normalized spacial score (nSPS) is 12.8. The van der Waals surface area contributed by atoms with Crippen molar-refractivity contribution in [3.8, 4) is 17.3 Å². The molecule has 4 rings (SSSR count). The van der Waals surface area contributed by atoms with E-state index >= 15 is 0 Å². The molecule has 1 aromatic carbocycles. The summed E-state index contributed by atoms with van der Waals surface area (Å²) in [5, 5.41) is 26.1. The fourth-order valence-electron chi connectivity index (χ4n) is 3.15. The van der Waals surface area contributed by atoms with Crippen LogP contribution in [0.4, 0.5) is 5.69 Å². The predicted molar refractivity (Wildman–Crippen MR) is 91.3 cm³/mol. The summed E-state index contributed by atoms with van der Waals surface area (Å²) in [6, 6.07) is 10.7. The number of amides is 1. The lowest BCUT2D eigenvalue weighted by molar-refractivity contribution is 0.0962. The maximum absolute atomic E-state index is 12.9. The Balaban J connectivity index is 1.73. The Morgan fingerprint density at radius 3 is 3.00 bits per heavy atom. The van der Waals surface area contributed by atoms with Crippen LogP contribution in [0.2, 0.25) is 0 Å². The summed E-state index contributed by atoms with van der Waals surface area (Å²) in [5.41, 5.74) is 3.25. The Morgan fingerprint density at radius 2 is 2.23 bits per heavy atom. The number of benzene rings is 1. The molecule has 130 valence electrons. The Kier molecular flexibility index (Phi) is 3.99. The highest BCUT2D eigenvalue weighted by Gasteiger charge is 2.30. The second-order valence-corrected chi connectivity index (χ2v) is 5.89. The molecular weight excluding hydrogens is 334 g/mol. The standard InChI is InChI=1S/C18H15N5O3/c19-10-13-4-5-16(26-13)18(25)23-7-6-12-2-1-3-14(17(12)23)15-11-22(8-9-24)21-20-15/h1-5,11,24H,6-9H2. The van der Waals surface area contributed by atoms with Crippen LogP contribution in [0.1, 0.15) is 21.9 Å². The van der Waals surface area contributed by atoms with Gasteiger partial charge in [0.05, 0.1) is 25.0 Å². The molecule has 0 saturated carbocycles. The van der Waals surface area contributed by atoms with Crippen molar-refractivity contribution < 1.29 is 14.3 Å². The second-order valence-electron chi connectivity index (χ2n) is 5.89. The molecule has 1 aliphatic rings. The van der Waals surface area contributed by atoms with Crippen LogP contribution in [0.3, 0.4) is 0 Å². The van der Waals surface area contributed by atoms with E-state index in [9.17, 15) is 4.79 Å². The predicted octanol–water partition coefficient (Wildman–Crippen LogP) is 1.60. The molecule has 0 spiro atoms.